The van der Waals surface area contributed by atoms with Gasteiger partial charge in [0.15, 0.2) is 6.10 Å². The lowest BCUT2D eigenvalue weighted by atomic mass is 10.2. The Bertz CT molecular complexity index is 619. The van der Waals surface area contributed by atoms with Crippen LogP contribution < -0.4 is 4.74 Å². The fourth-order valence-corrected chi connectivity index (χ4v) is 1.95. The minimum absolute atomic E-state index is 0.0888. The Balaban J connectivity index is 1.87. The molecule has 0 aliphatic heterocycles. The third-order valence-electron chi connectivity index (χ3n) is 3.17. The standard InChI is InChI=1S/C16H19N3O3/c1-12-5-3-4-6-15(12)22-11-14(20)16(21)19(2)10-13-9-17-7-8-18-13/h3-9,14,20H,10-11H2,1-2H3/t14-/m0/s1. The molecule has 1 aromatic heterocycles. The number of para-hydroxylation sites is 1. The van der Waals surface area contributed by atoms with Crippen LogP contribution in [-0.4, -0.2) is 45.6 Å². The molecule has 1 N–H and O–H groups in total. The molecule has 2 rings (SSSR count). The molecule has 6 heteroatoms. The minimum atomic E-state index is -1.22. The van der Waals surface area contributed by atoms with Gasteiger partial charge in [-0.15, -0.1) is 0 Å². The van der Waals surface area contributed by atoms with Crippen LogP contribution in [0.3, 0.4) is 0 Å². The fraction of sp³-hybridized carbons (Fsp3) is 0.312. The zero-order chi connectivity index (χ0) is 15.9. The van der Waals surface area contributed by atoms with Crippen molar-refractivity contribution in [1.82, 2.24) is 14.9 Å². The van der Waals surface area contributed by atoms with Crippen LogP contribution >= 0.6 is 0 Å². The second-order valence-corrected chi connectivity index (χ2v) is 4.98. The molecule has 22 heavy (non-hydrogen) atoms. The lowest BCUT2D eigenvalue weighted by Gasteiger charge is -2.20. The van der Waals surface area contributed by atoms with E-state index >= 15 is 0 Å². The number of hydrogen-bond donors (Lipinski definition) is 1. The number of likely N-dealkylation sites (N-methyl/N-ethyl adjacent to an activating group) is 1. The van der Waals surface area contributed by atoms with Gasteiger partial charge in [-0.25, -0.2) is 0 Å². The Kier molecular flexibility index (Phi) is 5.43. The first-order valence-corrected chi connectivity index (χ1v) is 6.94. The van der Waals surface area contributed by atoms with Crippen LogP contribution in [0.5, 0.6) is 5.75 Å². The lowest BCUT2D eigenvalue weighted by molar-refractivity contribution is -0.140. The highest BCUT2D eigenvalue weighted by Gasteiger charge is 2.20. The number of rotatable bonds is 6. The van der Waals surface area contributed by atoms with Crippen LogP contribution in [-0.2, 0) is 11.3 Å². The average molecular weight is 301 g/mol. The van der Waals surface area contributed by atoms with Crippen LogP contribution in [0.4, 0.5) is 0 Å². The van der Waals surface area contributed by atoms with Gasteiger partial charge < -0.3 is 14.7 Å². The van der Waals surface area contributed by atoms with Crippen molar-refractivity contribution in [3.8, 4) is 5.75 Å². The maximum absolute atomic E-state index is 12.1. The molecule has 116 valence electrons. The Morgan fingerprint density at radius 2 is 2.14 bits per heavy atom. The summed E-state index contributed by atoms with van der Waals surface area (Å²) in [6, 6.07) is 7.45. The third-order valence-corrected chi connectivity index (χ3v) is 3.17. The number of ether oxygens (including phenoxy) is 1. The Labute approximate surface area is 129 Å². The highest BCUT2D eigenvalue weighted by atomic mass is 16.5. The molecule has 1 aromatic carbocycles. The monoisotopic (exact) mass is 301 g/mol. The Morgan fingerprint density at radius 1 is 1.36 bits per heavy atom. The normalized spacial score (nSPS) is 11.8. The predicted molar refractivity (Wildman–Crippen MR) is 81.2 cm³/mol. The Morgan fingerprint density at radius 3 is 2.82 bits per heavy atom. The molecule has 1 heterocycles. The molecular formula is C16H19N3O3. The number of nitrogens with zero attached hydrogens (tertiary/aromatic N) is 3. The van der Waals surface area contributed by atoms with Gasteiger partial charge in [-0.3, -0.25) is 14.8 Å². The highest BCUT2D eigenvalue weighted by molar-refractivity contribution is 5.80. The van der Waals surface area contributed by atoms with Gasteiger partial charge in [0.25, 0.3) is 5.91 Å². The molecule has 0 aliphatic carbocycles. The summed E-state index contributed by atoms with van der Waals surface area (Å²) in [5.74, 6) is 0.241. The number of aromatic nitrogens is 2. The first-order valence-electron chi connectivity index (χ1n) is 6.94. The van der Waals surface area contributed by atoms with E-state index in [0.29, 0.717) is 11.4 Å². The van der Waals surface area contributed by atoms with Crippen molar-refractivity contribution in [3.05, 3.63) is 54.1 Å². The van der Waals surface area contributed by atoms with Crippen molar-refractivity contribution in [3.63, 3.8) is 0 Å². The molecule has 0 spiro atoms. The van der Waals surface area contributed by atoms with Crippen LogP contribution in [0.15, 0.2) is 42.9 Å². The van der Waals surface area contributed by atoms with E-state index in [1.807, 2.05) is 25.1 Å². The Hall–Kier alpha value is -2.47. The van der Waals surface area contributed by atoms with E-state index in [4.69, 9.17) is 4.74 Å². The number of amides is 1. The number of hydrogen-bond acceptors (Lipinski definition) is 5. The van der Waals surface area contributed by atoms with E-state index in [1.165, 1.54) is 4.90 Å². The molecule has 0 fully saturated rings. The van der Waals surface area contributed by atoms with Gasteiger partial charge in [0, 0.05) is 19.4 Å². The van der Waals surface area contributed by atoms with Crippen LogP contribution in [0.25, 0.3) is 0 Å². The van der Waals surface area contributed by atoms with Crippen LogP contribution in [0.2, 0.25) is 0 Å². The predicted octanol–water partition coefficient (Wildman–Crippen LogP) is 1.18. The van der Waals surface area contributed by atoms with Gasteiger partial charge in [0.1, 0.15) is 12.4 Å². The van der Waals surface area contributed by atoms with Crippen molar-refractivity contribution >= 4 is 5.91 Å². The molecule has 0 saturated heterocycles. The van der Waals surface area contributed by atoms with Gasteiger partial charge >= 0.3 is 0 Å². The van der Waals surface area contributed by atoms with Crippen molar-refractivity contribution in [2.45, 2.75) is 19.6 Å². The van der Waals surface area contributed by atoms with Crippen molar-refractivity contribution in [2.75, 3.05) is 13.7 Å². The number of aryl methyl sites for hydroxylation is 1. The first kappa shape index (κ1) is 15.9. The molecular weight excluding hydrogens is 282 g/mol. The molecule has 0 bridgehead atoms. The van der Waals surface area contributed by atoms with E-state index in [0.717, 1.165) is 5.56 Å². The van der Waals surface area contributed by atoms with Gasteiger partial charge in [0.2, 0.25) is 0 Å². The second kappa shape index (κ2) is 7.51. The van der Waals surface area contributed by atoms with Crippen LogP contribution in [0.1, 0.15) is 11.3 Å². The van der Waals surface area contributed by atoms with Crippen molar-refractivity contribution in [2.24, 2.45) is 0 Å². The van der Waals surface area contributed by atoms with E-state index in [1.54, 1.807) is 31.7 Å². The van der Waals surface area contributed by atoms with Gasteiger partial charge in [0.05, 0.1) is 18.4 Å². The fourth-order valence-electron chi connectivity index (χ4n) is 1.95. The molecule has 6 nitrogen and oxygen atoms in total. The lowest BCUT2D eigenvalue weighted by Crippen LogP contribution is -2.39. The summed E-state index contributed by atoms with van der Waals surface area (Å²) in [5, 5.41) is 9.97. The smallest absolute Gasteiger partial charge is 0.255 e. The SMILES string of the molecule is Cc1ccccc1OC[C@H](O)C(=O)N(C)Cc1cnccn1. The maximum Gasteiger partial charge on any atom is 0.255 e. The zero-order valence-corrected chi connectivity index (χ0v) is 12.6. The summed E-state index contributed by atoms with van der Waals surface area (Å²) >= 11 is 0. The third kappa shape index (κ3) is 4.26. The molecule has 2 aromatic rings. The topological polar surface area (TPSA) is 75.6 Å². The van der Waals surface area contributed by atoms with Gasteiger partial charge in [-0.05, 0) is 18.6 Å². The number of benzene rings is 1. The molecule has 1 amide bonds. The van der Waals surface area contributed by atoms with E-state index < -0.39 is 12.0 Å². The number of aliphatic hydroxyl groups excluding tert-OH is 1. The summed E-state index contributed by atoms with van der Waals surface area (Å²) < 4.78 is 5.49. The number of carbonyl (C=O) groups excluding carboxylic acids is 1. The summed E-state index contributed by atoms with van der Waals surface area (Å²) in [5.41, 5.74) is 1.61. The van der Waals surface area contributed by atoms with E-state index in [-0.39, 0.29) is 13.2 Å². The quantitative estimate of drug-likeness (QED) is 0.867. The van der Waals surface area contributed by atoms with E-state index in [2.05, 4.69) is 9.97 Å². The molecule has 0 aliphatic rings. The van der Waals surface area contributed by atoms with Crippen molar-refractivity contribution < 1.29 is 14.6 Å². The number of aliphatic hydroxyl groups is 1. The van der Waals surface area contributed by atoms with Gasteiger partial charge in [-0.1, -0.05) is 18.2 Å². The summed E-state index contributed by atoms with van der Waals surface area (Å²) in [6.07, 6.45) is 3.49. The first-order chi connectivity index (χ1) is 10.6. The molecule has 0 saturated carbocycles. The summed E-state index contributed by atoms with van der Waals surface area (Å²) in [6.45, 7) is 2.10. The van der Waals surface area contributed by atoms with Crippen LogP contribution in [0, 0.1) is 6.92 Å². The molecule has 0 radical (unpaired) electrons. The summed E-state index contributed by atoms with van der Waals surface area (Å²) in [7, 11) is 1.61. The summed E-state index contributed by atoms with van der Waals surface area (Å²) in [4.78, 5) is 21.5. The van der Waals surface area contributed by atoms with Crippen molar-refractivity contribution in [1.29, 1.82) is 0 Å². The highest BCUT2D eigenvalue weighted by Crippen LogP contribution is 2.16. The zero-order valence-electron chi connectivity index (χ0n) is 12.6. The van der Waals surface area contributed by atoms with E-state index in [9.17, 15) is 9.90 Å². The molecule has 1 atom stereocenters. The average Bonchev–Trinajstić information content (AvgIpc) is 2.54. The maximum atomic E-state index is 12.1. The number of carbonyl (C=O) groups is 1. The van der Waals surface area contributed by atoms with Gasteiger partial charge in [-0.2, -0.15) is 0 Å². The minimum Gasteiger partial charge on any atom is -0.490 e. The largest absolute Gasteiger partial charge is 0.490 e. The molecule has 0 unspecified atom stereocenters. The second-order valence-electron chi connectivity index (χ2n) is 4.98.